The summed E-state index contributed by atoms with van der Waals surface area (Å²) in [5, 5.41) is 5.54. The van der Waals surface area contributed by atoms with Gasteiger partial charge < -0.3 is 0 Å². The van der Waals surface area contributed by atoms with Crippen molar-refractivity contribution in [2.75, 3.05) is 0 Å². The van der Waals surface area contributed by atoms with E-state index in [4.69, 9.17) is 11.6 Å². The van der Waals surface area contributed by atoms with E-state index >= 15 is 0 Å². The molecule has 0 aliphatic heterocycles. The minimum atomic E-state index is 0.795. The Labute approximate surface area is 107 Å². The van der Waals surface area contributed by atoms with Crippen LogP contribution in [0.2, 0.25) is 5.02 Å². The van der Waals surface area contributed by atoms with Crippen LogP contribution in [0.5, 0.6) is 0 Å². The first-order valence-electron chi connectivity index (χ1n) is 5.03. The second kappa shape index (κ2) is 3.76. The van der Waals surface area contributed by atoms with E-state index in [1.54, 1.807) is 0 Å². The second-order valence-electron chi connectivity index (χ2n) is 3.74. The SMILES string of the molecule is Clc1ccc(Br)c2c1ccc1ccccc12. The van der Waals surface area contributed by atoms with Crippen molar-refractivity contribution in [3.05, 3.63) is 58.0 Å². The van der Waals surface area contributed by atoms with Crippen LogP contribution < -0.4 is 0 Å². The molecule has 0 aliphatic carbocycles. The molecule has 78 valence electrons. The van der Waals surface area contributed by atoms with Gasteiger partial charge in [0.1, 0.15) is 0 Å². The maximum atomic E-state index is 6.21. The summed E-state index contributed by atoms with van der Waals surface area (Å²) >= 11 is 9.80. The summed E-state index contributed by atoms with van der Waals surface area (Å²) in [5.41, 5.74) is 0. The summed E-state index contributed by atoms with van der Waals surface area (Å²) in [7, 11) is 0. The van der Waals surface area contributed by atoms with Gasteiger partial charge in [0, 0.05) is 20.3 Å². The van der Waals surface area contributed by atoms with Crippen molar-refractivity contribution in [3.8, 4) is 0 Å². The summed E-state index contributed by atoms with van der Waals surface area (Å²) in [6, 6.07) is 16.4. The fraction of sp³-hybridized carbons (Fsp3) is 0. The number of benzene rings is 3. The number of fused-ring (bicyclic) bond motifs is 3. The lowest BCUT2D eigenvalue weighted by atomic mass is 10.0. The molecule has 0 saturated carbocycles. The molecule has 0 saturated heterocycles. The largest absolute Gasteiger partial charge is 0.0837 e. The first-order valence-corrected chi connectivity index (χ1v) is 6.20. The Morgan fingerprint density at radius 2 is 1.62 bits per heavy atom. The maximum Gasteiger partial charge on any atom is 0.0485 e. The summed E-state index contributed by atoms with van der Waals surface area (Å²) in [5.74, 6) is 0. The van der Waals surface area contributed by atoms with Crippen molar-refractivity contribution in [2.24, 2.45) is 0 Å². The molecular weight excluding hydrogens is 284 g/mol. The molecule has 0 N–H and O–H groups in total. The molecule has 3 aromatic rings. The van der Waals surface area contributed by atoms with E-state index in [0.717, 1.165) is 14.9 Å². The van der Waals surface area contributed by atoms with Gasteiger partial charge in [-0.3, -0.25) is 0 Å². The highest BCUT2D eigenvalue weighted by molar-refractivity contribution is 9.10. The molecule has 0 aromatic heterocycles. The maximum absolute atomic E-state index is 6.21. The Morgan fingerprint density at radius 3 is 2.50 bits per heavy atom. The van der Waals surface area contributed by atoms with Crippen LogP contribution in [0, 0.1) is 0 Å². The molecule has 0 heterocycles. The zero-order valence-corrected chi connectivity index (χ0v) is 10.7. The van der Waals surface area contributed by atoms with E-state index < -0.39 is 0 Å². The van der Waals surface area contributed by atoms with E-state index in [-0.39, 0.29) is 0 Å². The highest BCUT2D eigenvalue weighted by atomic mass is 79.9. The molecule has 2 heteroatoms. The van der Waals surface area contributed by atoms with E-state index in [1.165, 1.54) is 16.2 Å². The zero-order valence-electron chi connectivity index (χ0n) is 8.37. The molecule has 0 unspecified atom stereocenters. The van der Waals surface area contributed by atoms with Gasteiger partial charge in [0.2, 0.25) is 0 Å². The van der Waals surface area contributed by atoms with Gasteiger partial charge in [-0.15, -0.1) is 0 Å². The smallest absolute Gasteiger partial charge is 0.0485 e. The standard InChI is InChI=1S/C14H8BrCl/c15-12-7-8-13(16)11-6-5-9-3-1-2-4-10(9)14(11)12/h1-8H. The van der Waals surface area contributed by atoms with Gasteiger partial charge in [-0.25, -0.2) is 0 Å². The van der Waals surface area contributed by atoms with Gasteiger partial charge in [0.25, 0.3) is 0 Å². The molecule has 0 aliphatic rings. The first kappa shape index (κ1) is 10.1. The van der Waals surface area contributed by atoms with Gasteiger partial charge in [0.05, 0.1) is 0 Å². The van der Waals surface area contributed by atoms with Crippen LogP contribution in [0.3, 0.4) is 0 Å². The molecule has 0 nitrogen and oxygen atoms in total. The molecule has 0 atom stereocenters. The highest BCUT2D eigenvalue weighted by Crippen LogP contribution is 2.35. The van der Waals surface area contributed by atoms with Gasteiger partial charge in [-0.2, -0.15) is 0 Å². The summed E-state index contributed by atoms with van der Waals surface area (Å²) in [6.45, 7) is 0. The zero-order chi connectivity index (χ0) is 11.1. The van der Waals surface area contributed by atoms with Crippen LogP contribution in [0.25, 0.3) is 21.5 Å². The lowest BCUT2D eigenvalue weighted by Crippen LogP contribution is -1.80. The molecule has 0 bridgehead atoms. The average molecular weight is 292 g/mol. The predicted molar refractivity (Wildman–Crippen MR) is 74.2 cm³/mol. The minimum Gasteiger partial charge on any atom is -0.0837 e. The summed E-state index contributed by atoms with van der Waals surface area (Å²) in [4.78, 5) is 0. The van der Waals surface area contributed by atoms with Gasteiger partial charge in [-0.1, -0.05) is 63.9 Å². The second-order valence-corrected chi connectivity index (χ2v) is 5.00. The third-order valence-electron chi connectivity index (χ3n) is 2.80. The van der Waals surface area contributed by atoms with Crippen LogP contribution in [-0.4, -0.2) is 0 Å². The topological polar surface area (TPSA) is 0 Å². The Morgan fingerprint density at radius 1 is 0.812 bits per heavy atom. The third-order valence-corrected chi connectivity index (χ3v) is 3.79. The van der Waals surface area contributed by atoms with Crippen molar-refractivity contribution >= 4 is 49.1 Å². The van der Waals surface area contributed by atoms with E-state index in [0.29, 0.717) is 0 Å². The fourth-order valence-corrected chi connectivity index (χ4v) is 2.83. The van der Waals surface area contributed by atoms with E-state index in [2.05, 4.69) is 46.3 Å². The van der Waals surface area contributed by atoms with Crippen molar-refractivity contribution in [3.63, 3.8) is 0 Å². The molecule has 0 amide bonds. The quantitative estimate of drug-likeness (QED) is 0.486. The number of halogens is 2. The highest BCUT2D eigenvalue weighted by Gasteiger charge is 2.06. The van der Waals surface area contributed by atoms with Gasteiger partial charge in [-0.05, 0) is 22.9 Å². The Balaban J connectivity index is 2.64. The summed E-state index contributed by atoms with van der Waals surface area (Å²) < 4.78 is 1.09. The minimum absolute atomic E-state index is 0.795. The Hall–Kier alpha value is -1.05. The average Bonchev–Trinajstić information content (AvgIpc) is 2.33. The van der Waals surface area contributed by atoms with Crippen LogP contribution in [0.4, 0.5) is 0 Å². The number of hydrogen-bond acceptors (Lipinski definition) is 0. The van der Waals surface area contributed by atoms with E-state index in [9.17, 15) is 0 Å². The van der Waals surface area contributed by atoms with Gasteiger partial charge in [0.15, 0.2) is 0 Å². The molecule has 0 radical (unpaired) electrons. The fourth-order valence-electron chi connectivity index (χ4n) is 2.05. The van der Waals surface area contributed by atoms with Crippen molar-refractivity contribution < 1.29 is 0 Å². The molecule has 16 heavy (non-hydrogen) atoms. The predicted octanol–water partition coefficient (Wildman–Crippen LogP) is 5.41. The lowest BCUT2D eigenvalue weighted by Gasteiger charge is -2.07. The van der Waals surface area contributed by atoms with Crippen molar-refractivity contribution in [2.45, 2.75) is 0 Å². The summed E-state index contributed by atoms with van der Waals surface area (Å²) in [6.07, 6.45) is 0. The lowest BCUT2D eigenvalue weighted by molar-refractivity contribution is 1.73. The molecule has 3 aromatic carbocycles. The van der Waals surface area contributed by atoms with Crippen LogP contribution in [0.1, 0.15) is 0 Å². The van der Waals surface area contributed by atoms with E-state index in [1.807, 2.05) is 18.2 Å². The molecular formula is C14H8BrCl. The first-order chi connectivity index (χ1) is 7.77. The van der Waals surface area contributed by atoms with Crippen molar-refractivity contribution in [1.82, 2.24) is 0 Å². The van der Waals surface area contributed by atoms with Crippen LogP contribution in [0.15, 0.2) is 53.0 Å². The number of rotatable bonds is 0. The van der Waals surface area contributed by atoms with Crippen molar-refractivity contribution in [1.29, 1.82) is 0 Å². The molecule has 0 spiro atoms. The Kier molecular flexibility index (Phi) is 2.38. The molecule has 3 rings (SSSR count). The molecule has 0 fully saturated rings. The van der Waals surface area contributed by atoms with Gasteiger partial charge >= 0.3 is 0 Å². The number of hydrogen-bond donors (Lipinski definition) is 0. The monoisotopic (exact) mass is 290 g/mol. The third kappa shape index (κ3) is 1.43. The van der Waals surface area contributed by atoms with Crippen LogP contribution >= 0.6 is 27.5 Å². The Bertz CT molecular complexity index is 689. The van der Waals surface area contributed by atoms with Crippen LogP contribution in [-0.2, 0) is 0 Å². The normalized spacial score (nSPS) is 11.1.